The van der Waals surface area contributed by atoms with E-state index < -0.39 is 5.91 Å². The van der Waals surface area contributed by atoms with Gasteiger partial charge in [-0.1, -0.05) is 23.8 Å². The molecular weight excluding hydrogens is 264 g/mol. The molecule has 0 unspecified atom stereocenters. The van der Waals surface area contributed by atoms with Gasteiger partial charge < -0.3 is 15.5 Å². The Balaban J connectivity index is 2.14. The van der Waals surface area contributed by atoms with Crippen molar-refractivity contribution in [2.45, 2.75) is 6.92 Å². The van der Waals surface area contributed by atoms with E-state index >= 15 is 0 Å². The Morgan fingerprint density at radius 3 is 2.86 bits per heavy atom. The highest BCUT2D eigenvalue weighted by atomic mass is 16.5. The molecule has 106 valence electrons. The average molecular weight is 280 g/mol. The van der Waals surface area contributed by atoms with Crippen LogP contribution in [0, 0.1) is 6.92 Å². The largest absolute Gasteiger partial charge is 0.483 e. The van der Waals surface area contributed by atoms with E-state index in [-0.39, 0.29) is 6.61 Å². The number of hydrogen-bond donors (Lipinski definition) is 2. The number of aryl methyl sites for hydroxylation is 1. The van der Waals surface area contributed by atoms with Gasteiger partial charge in [0.05, 0.1) is 0 Å². The van der Waals surface area contributed by atoms with Crippen molar-refractivity contribution in [2.75, 3.05) is 6.61 Å². The lowest BCUT2D eigenvalue weighted by Gasteiger charge is -2.12. The van der Waals surface area contributed by atoms with Crippen molar-refractivity contribution in [3.8, 4) is 16.9 Å². The highest BCUT2D eigenvalue weighted by Crippen LogP contribution is 2.35. The first-order chi connectivity index (χ1) is 10.1. The Bertz CT molecular complexity index is 805. The quantitative estimate of drug-likeness (QED) is 0.771. The van der Waals surface area contributed by atoms with E-state index in [9.17, 15) is 4.79 Å². The second-order valence-corrected chi connectivity index (χ2v) is 5.00. The molecule has 0 radical (unpaired) electrons. The van der Waals surface area contributed by atoms with Crippen LogP contribution in [0.2, 0.25) is 0 Å². The van der Waals surface area contributed by atoms with Crippen molar-refractivity contribution in [3.63, 3.8) is 0 Å². The number of aromatic nitrogens is 1. The molecule has 0 aliphatic heterocycles. The lowest BCUT2D eigenvalue weighted by molar-refractivity contribution is -0.119. The molecule has 4 heteroatoms. The van der Waals surface area contributed by atoms with Gasteiger partial charge in [-0.2, -0.15) is 0 Å². The van der Waals surface area contributed by atoms with Crippen molar-refractivity contribution in [3.05, 3.63) is 54.2 Å². The number of H-pyrrole nitrogens is 1. The van der Waals surface area contributed by atoms with Crippen LogP contribution in [0.4, 0.5) is 0 Å². The van der Waals surface area contributed by atoms with Crippen LogP contribution in [-0.2, 0) is 4.79 Å². The minimum atomic E-state index is -0.485. The molecule has 0 fully saturated rings. The third-order valence-corrected chi connectivity index (χ3v) is 3.39. The topological polar surface area (TPSA) is 68.1 Å². The van der Waals surface area contributed by atoms with Gasteiger partial charge in [0.15, 0.2) is 6.61 Å². The van der Waals surface area contributed by atoms with Crippen LogP contribution in [0.1, 0.15) is 5.56 Å². The van der Waals surface area contributed by atoms with Gasteiger partial charge in [-0.25, -0.2) is 0 Å². The van der Waals surface area contributed by atoms with Gasteiger partial charge in [-0.15, -0.1) is 0 Å². The van der Waals surface area contributed by atoms with E-state index in [1.165, 1.54) is 0 Å². The fourth-order valence-corrected chi connectivity index (χ4v) is 2.45. The zero-order valence-corrected chi connectivity index (χ0v) is 11.7. The summed E-state index contributed by atoms with van der Waals surface area (Å²) in [6.07, 6.45) is 1.91. The molecule has 1 heterocycles. The summed E-state index contributed by atoms with van der Waals surface area (Å²) < 4.78 is 5.55. The van der Waals surface area contributed by atoms with Gasteiger partial charge in [0.1, 0.15) is 5.75 Å². The monoisotopic (exact) mass is 280 g/mol. The molecule has 0 spiro atoms. The minimum absolute atomic E-state index is 0.126. The third kappa shape index (κ3) is 2.60. The average Bonchev–Trinajstić information content (AvgIpc) is 2.94. The van der Waals surface area contributed by atoms with Crippen molar-refractivity contribution in [1.82, 2.24) is 4.98 Å². The van der Waals surface area contributed by atoms with Gasteiger partial charge in [0, 0.05) is 22.7 Å². The second kappa shape index (κ2) is 5.32. The van der Waals surface area contributed by atoms with Crippen LogP contribution in [0.3, 0.4) is 0 Å². The van der Waals surface area contributed by atoms with E-state index in [1.807, 2.05) is 49.5 Å². The molecule has 1 aromatic heterocycles. The maximum Gasteiger partial charge on any atom is 0.255 e. The molecule has 0 saturated carbocycles. The molecule has 21 heavy (non-hydrogen) atoms. The van der Waals surface area contributed by atoms with Crippen molar-refractivity contribution in [1.29, 1.82) is 0 Å². The predicted molar refractivity (Wildman–Crippen MR) is 83.2 cm³/mol. The van der Waals surface area contributed by atoms with Gasteiger partial charge in [-0.05, 0) is 36.8 Å². The fraction of sp³-hybridized carbons (Fsp3) is 0.118. The number of fused-ring (bicyclic) bond motifs is 1. The molecule has 3 aromatic rings. The van der Waals surface area contributed by atoms with E-state index in [1.54, 1.807) is 0 Å². The Hall–Kier alpha value is -2.75. The SMILES string of the molecule is Cc1ccc(OCC(N)=O)c(-c2cccc3[nH]ccc23)c1. The predicted octanol–water partition coefficient (Wildman–Crippen LogP) is 3.01. The van der Waals surface area contributed by atoms with E-state index in [2.05, 4.69) is 11.1 Å². The molecule has 0 atom stereocenters. The summed E-state index contributed by atoms with van der Waals surface area (Å²) >= 11 is 0. The summed E-state index contributed by atoms with van der Waals surface area (Å²) in [5.74, 6) is 0.175. The second-order valence-electron chi connectivity index (χ2n) is 5.00. The molecule has 2 aromatic carbocycles. The van der Waals surface area contributed by atoms with Crippen LogP contribution in [0.15, 0.2) is 48.7 Å². The number of ether oxygens (including phenoxy) is 1. The number of nitrogens with one attached hydrogen (secondary N) is 1. The molecule has 0 saturated heterocycles. The summed E-state index contributed by atoms with van der Waals surface area (Å²) in [4.78, 5) is 14.1. The van der Waals surface area contributed by atoms with Crippen molar-refractivity contribution in [2.24, 2.45) is 5.73 Å². The normalized spacial score (nSPS) is 10.7. The van der Waals surface area contributed by atoms with Crippen LogP contribution in [0.25, 0.3) is 22.0 Å². The first-order valence-corrected chi connectivity index (χ1v) is 6.73. The minimum Gasteiger partial charge on any atom is -0.483 e. The number of carbonyl (C=O) groups excluding carboxylic acids is 1. The maximum absolute atomic E-state index is 11.0. The molecule has 3 rings (SSSR count). The lowest BCUT2D eigenvalue weighted by atomic mass is 9.99. The maximum atomic E-state index is 11.0. The standard InChI is InChI=1S/C17H16N2O2/c1-11-5-6-16(21-10-17(18)20)14(9-11)12-3-2-4-15-13(12)7-8-19-15/h2-9,19H,10H2,1H3,(H2,18,20). The number of amides is 1. The first-order valence-electron chi connectivity index (χ1n) is 6.73. The summed E-state index contributed by atoms with van der Waals surface area (Å²) in [7, 11) is 0. The number of nitrogens with two attached hydrogens (primary N) is 1. The molecule has 3 N–H and O–H groups in total. The van der Waals surface area contributed by atoms with Crippen LogP contribution in [-0.4, -0.2) is 17.5 Å². The Morgan fingerprint density at radius 1 is 1.19 bits per heavy atom. The third-order valence-electron chi connectivity index (χ3n) is 3.39. The molecule has 0 aliphatic carbocycles. The number of primary amides is 1. The number of benzene rings is 2. The highest BCUT2D eigenvalue weighted by molar-refractivity contribution is 5.96. The summed E-state index contributed by atoms with van der Waals surface area (Å²) in [6.45, 7) is 1.90. The molecule has 1 amide bonds. The van der Waals surface area contributed by atoms with Gasteiger partial charge in [-0.3, -0.25) is 4.79 Å². The summed E-state index contributed by atoms with van der Waals surface area (Å²) in [6, 6.07) is 14.0. The van der Waals surface area contributed by atoms with Crippen LogP contribution < -0.4 is 10.5 Å². The molecule has 0 bridgehead atoms. The zero-order chi connectivity index (χ0) is 14.8. The zero-order valence-electron chi connectivity index (χ0n) is 11.7. The van der Waals surface area contributed by atoms with Gasteiger partial charge in [0.25, 0.3) is 5.91 Å². The molecular formula is C17H16N2O2. The first kappa shape index (κ1) is 13.2. The van der Waals surface area contributed by atoms with Gasteiger partial charge in [0.2, 0.25) is 0 Å². The Morgan fingerprint density at radius 2 is 2.05 bits per heavy atom. The van der Waals surface area contributed by atoms with E-state index in [0.717, 1.165) is 27.6 Å². The summed E-state index contributed by atoms with van der Waals surface area (Å²) in [5.41, 5.74) is 9.38. The van der Waals surface area contributed by atoms with Crippen LogP contribution >= 0.6 is 0 Å². The smallest absolute Gasteiger partial charge is 0.255 e. The lowest BCUT2D eigenvalue weighted by Crippen LogP contribution is -2.20. The molecule has 0 aliphatic rings. The number of carbonyl (C=O) groups is 1. The van der Waals surface area contributed by atoms with E-state index in [4.69, 9.17) is 10.5 Å². The highest BCUT2D eigenvalue weighted by Gasteiger charge is 2.11. The fourth-order valence-electron chi connectivity index (χ4n) is 2.45. The molecule has 4 nitrogen and oxygen atoms in total. The number of hydrogen-bond acceptors (Lipinski definition) is 2. The van der Waals surface area contributed by atoms with Crippen LogP contribution in [0.5, 0.6) is 5.75 Å². The Labute approximate surface area is 122 Å². The number of aromatic amines is 1. The number of rotatable bonds is 4. The van der Waals surface area contributed by atoms with Crippen molar-refractivity contribution >= 4 is 16.8 Å². The van der Waals surface area contributed by atoms with Crippen molar-refractivity contribution < 1.29 is 9.53 Å². The van der Waals surface area contributed by atoms with Gasteiger partial charge >= 0.3 is 0 Å². The Kier molecular flexibility index (Phi) is 3.36. The summed E-state index contributed by atoms with van der Waals surface area (Å²) in [5, 5.41) is 1.12. The van der Waals surface area contributed by atoms with E-state index in [0.29, 0.717) is 5.75 Å².